The van der Waals surface area contributed by atoms with E-state index >= 15 is 0 Å². The number of hydrogen-bond donors (Lipinski definition) is 2. The predicted octanol–water partition coefficient (Wildman–Crippen LogP) is 6.44. The highest BCUT2D eigenvalue weighted by Gasteiger charge is 2.49. The minimum absolute atomic E-state index is 0.00281. The average molecular weight is 832 g/mol. The second-order valence-electron chi connectivity index (χ2n) is 15.3. The van der Waals surface area contributed by atoms with E-state index in [1.54, 1.807) is 0 Å². The van der Waals surface area contributed by atoms with Crippen molar-refractivity contribution in [3.8, 4) is 0 Å². The molecule has 1 fully saturated rings. The maximum absolute atomic E-state index is 13.3. The van der Waals surface area contributed by atoms with Gasteiger partial charge in [-0.1, -0.05) is 124 Å². The summed E-state index contributed by atoms with van der Waals surface area (Å²) in [5.41, 5.74) is 11.6. The van der Waals surface area contributed by atoms with Crippen molar-refractivity contribution in [1.82, 2.24) is 10.6 Å². The third-order valence-electron chi connectivity index (χ3n) is 9.73. The lowest BCUT2D eigenvalue weighted by atomic mass is 9.97. The van der Waals surface area contributed by atoms with Crippen molar-refractivity contribution >= 4 is 17.8 Å². The SMILES string of the molecule is COC(=O)[C@H](CC(C)C)NC(=O)[C@@H](NC(=O)CCOC[C@H]1OC(OCCCN=[N+]=[N-])[C@H](OCc2ccccc2)[C@@H](OCc2ccccc2)[C@@H]1OCc1ccccc1)C(C)C. The number of benzene rings is 3. The first-order valence-corrected chi connectivity index (χ1v) is 20.6. The molecule has 1 saturated heterocycles. The number of methoxy groups -OCH3 is 1. The van der Waals surface area contributed by atoms with E-state index < -0.39 is 60.6 Å². The summed E-state index contributed by atoms with van der Waals surface area (Å²) in [5.74, 6) is -1.56. The number of azide groups is 1. The fourth-order valence-electron chi connectivity index (χ4n) is 6.63. The zero-order chi connectivity index (χ0) is 43.1. The first-order chi connectivity index (χ1) is 29.1. The Labute approximate surface area is 353 Å². The second kappa shape index (κ2) is 26.4. The van der Waals surface area contributed by atoms with E-state index in [9.17, 15) is 14.4 Å². The summed E-state index contributed by atoms with van der Waals surface area (Å²) in [6.07, 6.45) is -3.05. The summed E-state index contributed by atoms with van der Waals surface area (Å²) >= 11 is 0. The van der Waals surface area contributed by atoms with Crippen LogP contribution in [0.2, 0.25) is 0 Å². The Kier molecular flexibility index (Phi) is 21.0. The van der Waals surface area contributed by atoms with Gasteiger partial charge in [-0.15, -0.1) is 0 Å². The zero-order valence-corrected chi connectivity index (χ0v) is 35.4. The summed E-state index contributed by atoms with van der Waals surface area (Å²) in [7, 11) is 1.28. The molecule has 3 aromatic rings. The monoisotopic (exact) mass is 831 g/mol. The van der Waals surface area contributed by atoms with Crippen LogP contribution in [-0.2, 0) is 67.4 Å². The molecular weight excluding hydrogens is 771 g/mol. The number of nitrogens with one attached hydrogen (secondary N) is 2. The lowest BCUT2D eigenvalue weighted by Crippen LogP contribution is -2.61. The number of carbonyl (C=O) groups excluding carboxylic acids is 3. The second-order valence-corrected chi connectivity index (χ2v) is 15.3. The fourth-order valence-corrected chi connectivity index (χ4v) is 6.63. The summed E-state index contributed by atoms with van der Waals surface area (Å²) in [4.78, 5) is 41.8. The molecule has 1 unspecified atom stereocenters. The lowest BCUT2D eigenvalue weighted by Gasteiger charge is -2.46. The Morgan fingerprint density at radius 3 is 1.82 bits per heavy atom. The van der Waals surface area contributed by atoms with Gasteiger partial charge in [0.1, 0.15) is 36.5 Å². The Morgan fingerprint density at radius 1 is 0.750 bits per heavy atom. The van der Waals surface area contributed by atoms with E-state index in [0.717, 1.165) is 16.7 Å². The quantitative estimate of drug-likeness (QED) is 0.0300. The topological polar surface area (TPSA) is 189 Å². The number of esters is 1. The Balaban J connectivity index is 1.52. The first-order valence-electron chi connectivity index (χ1n) is 20.6. The molecule has 0 bridgehead atoms. The summed E-state index contributed by atoms with van der Waals surface area (Å²) in [5, 5.41) is 9.20. The van der Waals surface area contributed by atoms with Crippen molar-refractivity contribution in [2.45, 2.75) is 110 Å². The molecule has 2 amide bonds. The van der Waals surface area contributed by atoms with Crippen molar-refractivity contribution in [1.29, 1.82) is 0 Å². The van der Waals surface area contributed by atoms with Crippen molar-refractivity contribution in [2.75, 3.05) is 33.5 Å². The number of carbonyl (C=O) groups is 3. The molecule has 326 valence electrons. The molecule has 15 heteroatoms. The number of ether oxygens (including phenoxy) is 7. The molecule has 0 saturated carbocycles. The predicted molar refractivity (Wildman–Crippen MR) is 224 cm³/mol. The summed E-state index contributed by atoms with van der Waals surface area (Å²) in [6.45, 7) is 8.72. The van der Waals surface area contributed by atoms with Crippen LogP contribution >= 0.6 is 0 Å². The average Bonchev–Trinajstić information content (AvgIpc) is 3.25. The number of nitrogens with zero attached hydrogens (tertiary/aromatic N) is 3. The minimum Gasteiger partial charge on any atom is -0.467 e. The minimum atomic E-state index is -0.927. The highest BCUT2D eigenvalue weighted by molar-refractivity contribution is 5.90. The van der Waals surface area contributed by atoms with Gasteiger partial charge in [0, 0.05) is 24.5 Å². The van der Waals surface area contributed by atoms with E-state index in [1.165, 1.54) is 7.11 Å². The number of amides is 2. The molecule has 15 nitrogen and oxygen atoms in total. The maximum Gasteiger partial charge on any atom is 0.328 e. The van der Waals surface area contributed by atoms with Gasteiger partial charge >= 0.3 is 5.97 Å². The molecule has 0 aliphatic carbocycles. The molecule has 0 spiro atoms. The smallest absolute Gasteiger partial charge is 0.328 e. The van der Waals surface area contributed by atoms with E-state index in [1.807, 2.05) is 119 Å². The van der Waals surface area contributed by atoms with Gasteiger partial charge in [-0.05, 0) is 46.9 Å². The van der Waals surface area contributed by atoms with Gasteiger partial charge in [-0.25, -0.2) is 4.79 Å². The Morgan fingerprint density at radius 2 is 1.30 bits per heavy atom. The van der Waals surface area contributed by atoms with Crippen molar-refractivity contribution < 1.29 is 47.5 Å². The molecule has 0 radical (unpaired) electrons. The Hall–Kier alpha value is -4.86. The van der Waals surface area contributed by atoms with Crippen LogP contribution < -0.4 is 10.6 Å². The number of hydrogen-bond acceptors (Lipinski definition) is 11. The van der Waals surface area contributed by atoms with Gasteiger partial charge in [0.05, 0.1) is 40.1 Å². The molecule has 2 N–H and O–H groups in total. The van der Waals surface area contributed by atoms with Crippen molar-refractivity contribution in [3.05, 3.63) is 118 Å². The van der Waals surface area contributed by atoms with Crippen LogP contribution in [0.3, 0.4) is 0 Å². The van der Waals surface area contributed by atoms with Crippen LogP contribution in [0, 0.1) is 11.8 Å². The van der Waals surface area contributed by atoms with Gasteiger partial charge in [-0.2, -0.15) is 0 Å². The molecule has 1 aliphatic rings. The molecular formula is C45H61N5O10. The van der Waals surface area contributed by atoms with Gasteiger partial charge in [0.25, 0.3) is 0 Å². The standard InChI is InChI=1S/C45H61N5O10/c1-31(2)26-36(44(53)54-5)48-43(52)39(32(3)4)49-38(51)22-25-55-30-37-40(57-27-33-16-9-6-10-17-33)41(58-28-34-18-11-7-12-19-34)42(59-29-35-20-13-8-14-21-35)45(60-37)56-24-15-23-47-50-46/h6-14,16-21,31-32,36-37,39-42,45H,15,22-30H2,1-5H3,(H,48,52)(H,49,51)/t36-,37+,39-,40+,41-,42+,45?/m0/s1. The van der Waals surface area contributed by atoms with Crippen LogP contribution in [0.5, 0.6) is 0 Å². The van der Waals surface area contributed by atoms with Gasteiger partial charge in [0.2, 0.25) is 11.8 Å². The third kappa shape index (κ3) is 16.3. The molecule has 3 aromatic carbocycles. The molecule has 0 aromatic heterocycles. The van der Waals surface area contributed by atoms with Crippen LogP contribution in [0.15, 0.2) is 96.1 Å². The largest absolute Gasteiger partial charge is 0.467 e. The lowest BCUT2D eigenvalue weighted by molar-refractivity contribution is -0.328. The first kappa shape index (κ1) is 47.8. The maximum atomic E-state index is 13.3. The van der Waals surface area contributed by atoms with Gasteiger partial charge in [-0.3, -0.25) is 9.59 Å². The Bertz CT molecular complexity index is 1750. The van der Waals surface area contributed by atoms with Crippen LogP contribution in [0.4, 0.5) is 0 Å². The summed E-state index contributed by atoms with van der Waals surface area (Å²) < 4.78 is 43.9. The highest BCUT2D eigenvalue weighted by Crippen LogP contribution is 2.31. The highest BCUT2D eigenvalue weighted by atomic mass is 16.7. The molecule has 1 heterocycles. The normalized spacial score (nSPS) is 19.9. The van der Waals surface area contributed by atoms with Crippen LogP contribution in [0.1, 0.15) is 63.6 Å². The molecule has 1 aliphatic heterocycles. The fraction of sp³-hybridized carbons (Fsp3) is 0.533. The molecule has 60 heavy (non-hydrogen) atoms. The molecule has 4 rings (SSSR count). The van der Waals surface area contributed by atoms with Crippen LogP contribution in [-0.4, -0.2) is 94.0 Å². The van der Waals surface area contributed by atoms with Gasteiger partial charge in [0.15, 0.2) is 6.29 Å². The van der Waals surface area contributed by atoms with Gasteiger partial charge < -0.3 is 43.8 Å². The third-order valence-corrected chi connectivity index (χ3v) is 9.73. The molecule has 7 atom stereocenters. The van der Waals surface area contributed by atoms with Crippen molar-refractivity contribution in [3.63, 3.8) is 0 Å². The van der Waals surface area contributed by atoms with Crippen LogP contribution in [0.25, 0.3) is 10.4 Å². The number of rotatable bonds is 26. The van der Waals surface area contributed by atoms with E-state index in [4.69, 9.17) is 38.7 Å². The van der Waals surface area contributed by atoms with E-state index in [2.05, 4.69) is 20.7 Å². The van der Waals surface area contributed by atoms with Crippen molar-refractivity contribution in [2.24, 2.45) is 17.0 Å². The summed E-state index contributed by atoms with van der Waals surface area (Å²) in [6, 6.07) is 27.6. The zero-order valence-electron chi connectivity index (χ0n) is 35.4. The van der Waals surface area contributed by atoms with E-state index in [0.29, 0.717) is 12.8 Å². The van der Waals surface area contributed by atoms with E-state index in [-0.39, 0.29) is 64.4 Å².